The van der Waals surface area contributed by atoms with Crippen molar-refractivity contribution in [1.29, 1.82) is 0 Å². The average molecular weight is 281 g/mol. The Hall–Kier alpha value is -1.90. The Morgan fingerprint density at radius 1 is 1.32 bits per heavy atom. The van der Waals surface area contributed by atoms with Crippen LogP contribution >= 0.6 is 0 Å². The van der Waals surface area contributed by atoms with Gasteiger partial charge in [-0.2, -0.15) is 5.10 Å². The fourth-order valence-electron chi connectivity index (χ4n) is 1.60. The summed E-state index contributed by atoms with van der Waals surface area (Å²) in [4.78, 5) is 0.182. The zero-order valence-electron chi connectivity index (χ0n) is 10.3. The van der Waals surface area contributed by atoms with E-state index in [1.165, 1.54) is 12.1 Å². The van der Waals surface area contributed by atoms with E-state index in [0.717, 1.165) is 5.56 Å². The largest absolute Gasteiger partial charge is 0.324 e. The molecule has 0 aliphatic rings. The van der Waals surface area contributed by atoms with Gasteiger partial charge in [0.25, 0.3) is 0 Å². The highest BCUT2D eigenvalue weighted by Gasteiger charge is 2.18. The van der Waals surface area contributed by atoms with Crippen LogP contribution in [0.2, 0.25) is 0 Å². The van der Waals surface area contributed by atoms with Gasteiger partial charge in [0, 0.05) is 23.5 Å². The molecule has 102 valence electrons. The Labute approximate surface area is 111 Å². The van der Waals surface area contributed by atoms with E-state index < -0.39 is 10.0 Å². The molecule has 0 saturated carbocycles. The van der Waals surface area contributed by atoms with Crippen LogP contribution in [0.5, 0.6) is 0 Å². The molecule has 0 spiro atoms. The highest BCUT2D eigenvalue weighted by atomic mass is 32.2. The second kappa shape index (κ2) is 5.39. The maximum Gasteiger partial charge on any atom is 0.241 e. The molecule has 0 bridgehead atoms. The summed E-state index contributed by atoms with van der Waals surface area (Å²) >= 11 is 0. The molecule has 1 aromatic heterocycles. The van der Waals surface area contributed by atoms with Crippen LogP contribution in [-0.4, -0.2) is 18.6 Å². The topological polar surface area (TPSA) is 113 Å². The summed E-state index contributed by atoms with van der Waals surface area (Å²) in [5.74, 6) is 5.23. The highest BCUT2D eigenvalue weighted by molar-refractivity contribution is 7.89. The number of nitrogens with one attached hydrogen (secondary N) is 3. The zero-order valence-corrected chi connectivity index (χ0v) is 11.1. The van der Waals surface area contributed by atoms with E-state index in [9.17, 15) is 8.42 Å². The molecule has 2 aromatic rings. The van der Waals surface area contributed by atoms with Gasteiger partial charge in [0.2, 0.25) is 10.0 Å². The minimum atomic E-state index is -3.57. The van der Waals surface area contributed by atoms with Gasteiger partial charge in [-0.05, 0) is 31.2 Å². The fourth-order valence-corrected chi connectivity index (χ4v) is 2.83. The molecule has 8 heteroatoms. The van der Waals surface area contributed by atoms with Crippen LogP contribution in [0.4, 0.5) is 5.69 Å². The molecule has 1 heterocycles. The van der Waals surface area contributed by atoms with E-state index in [2.05, 4.69) is 20.3 Å². The quantitative estimate of drug-likeness (QED) is 0.477. The van der Waals surface area contributed by atoms with E-state index in [4.69, 9.17) is 5.84 Å². The first kappa shape index (κ1) is 13.5. The maximum absolute atomic E-state index is 12.1. The van der Waals surface area contributed by atoms with Crippen LogP contribution in [0, 0.1) is 0 Å². The minimum Gasteiger partial charge on any atom is -0.324 e. The van der Waals surface area contributed by atoms with Gasteiger partial charge in [-0.25, -0.2) is 13.1 Å². The third-order valence-electron chi connectivity index (χ3n) is 2.68. The lowest BCUT2D eigenvalue weighted by molar-refractivity contribution is 0.567. The number of nitrogens with two attached hydrogens (primary N) is 1. The van der Waals surface area contributed by atoms with Crippen molar-refractivity contribution >= 4 is 15.7 Å². The van der Waals surface area contributed by atoms with Crippen LogP contribution in [0.15, 0.2) is 41.6 Å². The molecule has 0 aliphatic carbocycles. The molecule has 1 aromatic carbocycles. The molecule has 1 atom stereocenters. The smallest absolute Gasteiger partial charge is 0.241 e. The highest BCUT2D eigenvalue weighted by Crippen LogP contribution is 2.17. The Morgan fingerprint density at radius 3 is 2.53 bits per heavy atom. The SMILES string of the molecule is CC(NS(=O)(=O)c1ccc(NN)cc1)c1cn[nH]c1. The van der Waals surface area contributed by atoms with E-state index in [1.807, 2.05) is 0 Å². The number of anilines is 1. The number of aromatic amines is 1. The average Bonchev–Trinajstić information content (AvgIpc) is 2.92. The number of aromatic nitrogens is 2. The number of nitrogens with zero attached hydrogens (tertiary/aromatic N) is 1. The van der Waals surface area contributed by atoms with Gasteiger partial charge >= 0.3 is 0 Å². The van der Waals surface area contributed by atoms with Crippen molar-refractivity contribution in [3.05, 3.63) is 42.2 Å². The minimum absolute atomic E-state index is 0.182. The first-order valence-corrected chi connectivity index (χ1v) is 7.09. The van der Waals surface area contributed by atoms with Crippen LogP contribution < -0.4 is 16.0 Å². The molecule has 7 nitrogen and oxygen atoms in total. The zero-order chi connectivity index (χ0) is 13.9. The van der Waals surface area contributed by atoms with Crippen LogP contribution in [0.25, 0.3) is 0 Å². The monoisotopic (exact) mass is 281 g/mol. The summed E-state index contributed by atoms with van der Waals surface area (Å²) in [6.07, 6.45) is 3.23. The van der Waals surface area contributed by atoms with E-state index in [1.54, 1.807) is 31.5 Å². The maximum atomic E-state index is 12.1. The van der Waals surface area contributed by atoms with Gasteiger partial charge in [0.15, 0.2) is 0 Å². The molecule has 0 fully saturated rings. The molecule has 0 saturated heterocycles. The Bertz CT molecular complexity index is 622. The summed E-state index contributed by atoms with van der Waals surface area (Å²) < 4.78 is 26.9. The molecule has 0 radical (unpaired) electrons. The Balaban J connectivity index is 2.17. The van der Waals surface area contributed by atoms with Gasteiger partial charge < -0.3 is 5.43 Å². The number of rotatable bonds is 5. The van der Waals surface area contributed by atoms with Crippen molar-refractivity contribution in [3.8, 4) is 0 Å². The van der Waals surface area contributed by atoms with E-state index in [0.29, 0.717) is 5.69 Å². The predicted octanol–water partition coefficient (Wildman–Crippen LogP) is 0.735. The van der Waals surface area contributed by atoms with Gasteiger partial charge in [-0.15, -0.1) is 0 Å². The molecular weight excluding hydrogens is 266 g/mol. The predicted molar refractivity (Wildman–Crippen MR) is 71.6 cm³/mol. The van der Waals surface area contributed by atoms with Crippen molar-refractivity contribution in [2.45, 2.75) is 17.9 Å². The van der Waals surface area contributed by atoms with Crippen LogP contribution in [-0.2, 0) is 10.0 Å². The second-order valence-electron chi connectivity index (χ2n) is 4.04. The lowest BCUT2D eigenvalue weighted by atomic mass is 10.2. The lowest BCUT2D eigenvalue weighted by Gasteiger charge is -2.12. The van der Waals surface area contributed by atoms with Gasteiger partial charge in [-0.1, -0.05) is 0 Å². The van der Waals surface area contributed by atoms with E-state index >= 15 is 0 Å². The third-order valence-corrected chi connectivity index (χ3v) is 4.24. The summed E-state index contributed by atoms with van der Waals surface area (Å²) in [6, 6.07) is 5.80. The molecule has 0 amide bonds. The molecular formula is C11H15N5O2S. The molecule has 2 rings (SSSR count). The molecule has 1 unspecified atom stereocenters. The fraction of sp³-hybridized carbons (Fsp3) is 0.182. The number of hydrazine groups is 1. The van der Waals surface area contributed by atoms with Crippen molar-refractivity contribution < 1.29 is 8.42 Å². The van der Waals surface area contributed by atoms with Gasteiger partial charge in [0.1, 0.15) is 0 Å². The molecule has 0 aliphatic heterocycles. The number of benzene rings is 1. The van der Waals surface area contributed by atoms with Crippen molar-refractivity contribution in [2.24, 2.45) is 5.84 Å². The van der Waals surface area contributed by atoms with Gasteiger partial charge in [-0.3, -0.25) is 10.9 Å². The number of hydrogen-bond acceptors (Lipinski definition) is 5. The number of H-pyrrole nitrogens is 1. The molecule has 19 heavy (non-hydrogen) atoms. The second-order valence-corrected chi connectivity index (χ2v) is 5.76. The first-order valence-electron chi connectivity index (χ1n) is 5.60. The van der Waals surface area contributed by atoms with Gasteiger partial charge in [0.05, 0.1) is 11.1 Å². The Morgan fingerprint density at radius 2 is 2.00 bits per heavy atom. The third kappa shape index (κ3) is 3.11. The van der Waals surface area contributed by atoms with Crippen molar-refractivity contribution in [2.75, 3.05) is 5.43 Å². The Kier molecular flexibility index (Phi) is 3.84. The van der Waals surface area contributed by atoms with Crippen molar-refractivity contribution in [3.63, 3.8) is 0 Å². The summed E-state index contributed by atoms with van der Waals surface area (Å²) in [5, 5.41) is 6.43. The standard InChI is InChI=1S/C11H15N5O2S/c1-8(9-6-13-14-7-9)16-19(17,18)11-4-2-10(15-12)3-5-11/h2-8,15-16H,12H2,1H3,(H,13,14). The van der Waals surface area contributed by atoms with Crippen LogP contribution in [0.3, 0.4) is 0 Å². The number of hydrogen-bond donors (Lipinski definition) is 4. The first-order chi connectivity index (χ1) is 9.03. The summed E-state index contributed by atoms with van der Waals surface area (Å²) in [6.45, 7) is 1.75. The van der Waals surface area contributed by atoms with Crippen LogP contribution in [0.1, 0.15) is 18.5 Å². The van der Waals surface area contributed by atoms with Crippen molar-refractivity contribution in [1.82, 2.24) is 14.9 Å². The van der Waals surface area contributed by atoms with E-state index in [-0.39, 0.29) is 10.9 Å². The lowest BCUT2D eigenvalue weighted by Crippen LogP contribution is -2.26. The number of nitrogen functional groups attached to an aromatic ring is 1. The summed E-state index contributed by atoms with van der Waals surface area (Å²) in [5.41, 5.74) is 3.85. The normalized spacial score (nSPS) is 13.2. The summed E-state index contributed by atoms with van der Waals surface area (Å²) in [7, 11) is -3.57. The molecule has 5 N–H and O–H groups in total. The number of sulfonamides is 1.